The van der Waals surface area contributed by atoms with Crippen molar-refractivity contribution in [1.29, 1.82) is 0 Å². The van der Waals surface area contributed by atoms with Crippen LogP contribution in [0.25, 0.3) is 16.9 Å². The molecule has 0 radical (unpaired) electrons. The molecule has 4 rings (SSSR count). The lowest BCUT2D eigenvalue weighted by Crippen LogP contribution is -2.11. The summed E-state index contributed by atoms with van der Waals surface area (Å²) in [5.74, 6) is 2.15. The quantitative estimate of drug-likeness (QED) is 0.298. The molecule has 0 aliphatic heterocycles. The van der Waals surface area contributed by atoms with E-state index < -0.39 is 0 Å². The highest BCUT2D eigenvalue weighted by Gasteiger charge is 2.19. The van der Waals surface area contributed by atoms with Gasteiger partial charge in [0, 0.05) is 24.8 Å². The minimum Gasteiger partial charge on any atom is -0.497 e. The molecule has 0 fully saturated rings. The van der Waals surface area contributed by atoms with Crippen LogP contribution in [-0.4, -0.2) is 36.3 Å². The van der Waals surface area contributed by atoms with Gasteiger partial charge in [0.05, 0.1) is 14.2 Å². The number of methoxy groups -OCH3 is 2. The van der Waals surface area contributed by atoms with Gasteiger partial charge in [0.15, 0.2) is 18.1 Å². The predicted molar refractivity (Wildman–Crippen MR) is 125 cm³/mol. The molecular formula is C25H25N3O5. The van der Waals surface area contributed by atoms with Gasteiger partial charge in [-0.25, -0.2) is 4.98 Å². The summed E-state index contributed by atoms with van der Waals surface area (Å²) in [7, 11) is 3.19. The maximum absolute atomic E-state index is 11.3. The van der Waals surface area contributed by atoms with Gasteiger partial charge < -0.3 is 24.3 Å². The maximum atomic E-state index is 11.3. The smallest absolute Gasteiger partial charge is 0.304 e. The zero-order valence-corrected chi connectivity index (χ0v) is 18.7. The molecule has 2 aromatic carbocycles. The van der Waals surface area contributed by atoms with Crippen LogP contribution in [0.3, 0.4) is 0 Å². The Morgan fingerprint density at radius 2 is 1.73 bits per heavy atom. The molecule has 8 nitrogen and oxygen atoms in total. The topological polar surface area (TPSA) is 83.3 Å². The number of benzene rings is 2. The monoisotopic (exact) mass is 447 g/mol. The Labute approximate surface area is 191 Å². The summed E-state index contributed by atoms with van der Waals surface area (Å²) in [4.78, 5) is 16.2. The average molecular weight is 447 g/mol. The average Bonchev–Trinajstić information content (AvgIpc) is 3.22. The van der Waals surface area contributed by atoms with Crippen molar-refractivity contribution in [2.24, 2.45) is 0 Å². The molecule has 0 saturated heterocycles. The molecule has 33 heavy (non-hydrogen) atoms. The van der Waals surface area contributed by atoms with Crippen molar-refractivity contribution >= 4 is 17.4 Å². The second kappa shape index (κ2) is 9.95. The van der Waals surface area contributed by atoms with E-state index in [2.05, 4.69) is 5.32 Å². The van der Waals surface area contributed by atoms with Gasteiger partial charge in [-0.05, 0) is 29.8 Å². The second-order valence-corrected chi connectivity index (χ2v) is 7.21. The Kier molecular flexibility index (Phi) is 6.64. The van der Waals surface area contributed by atoms with Crippen molar-refractivity contribution < 1.29 is 23.7 Å². The zero-order chi connectivity index (χ0) is 23.2. The van der Waals surface area contributed by atoms with Crippen molar-refractivity contribution in [2.45, 2.75) is 13.5 Å². The van der Waals surface area contributed by atoms with Crippen LogP contribution in [0.4, 0.5) is 5.82 Å². The molecule has 0 atom stereocenters. The number of esters is 1. The molecule has 0 spiro atoms. The fraction of sp³-hybridized carbons (Fsp3) is 0.200. The van der Waals surface area contributed by atoms with Gasteiger partial charge in [-0.2, -0.15) is 0 Å². The van der Waals surface area contributed by atoms with E-state index in [1.54, 1.807) is 20.3 Å². The zero-order valence-electron chi connectivity index (χ0n) is 18.7. The first kappa shape index (κ1) is 22.0. The fourth-order valence-electron chi connectivity index (χ4n) is 3.41. The van der Waals surface area contributed by atoms with E-state index in [4.69, 9.17) is 23.9 Å². The normalized spacial score (nSPS) is 10.6. The molecule has 8 heteroatoms. The molecule has 0 unspecified atom stereocenters. The lowest BCUT2D eigenvalue weighted by atomic mass is 10.1. The Hall–Kier alpha value is -4.20. The van der Waals surface area contributed by atoms with Crippen LogP contribution in [0.1, 0.15) is 12.5 Å². The van der Waals surface area contributed by atoms with E-state index in [0.29, 0.717) is 41.0 Å². The number of nitrogens with zero attached hydrogens (tertiary/aromatic N) is 2. The van der Waals surface area contributed by atoms with E-state index in [9.17, 15) is 4.79 Å². The summed E-state index contributed by atoms with van der Waals surface area (Å²) < 4.78 is 23.9. The van der Waals surface area contributed by atoms with Gasteiger partial charge in [0.25, 0.3) is 0 Å². The summed E-state index contributed by atoms with van der Waals surface area (Å²) in [6, 6.07) is 19.2. The van der Waals surface area contributed by atoms with E-state index >= 15 is 0 Å². The predicted octanol–water partition coefficient (Wildman–Crippen LogP) is 4.53. The number of imidazole rings is 1. The summed E-state index contributed by atoms with van der Waals surface area (Å²) >= 11 is 0. The first-order chi connectivity index (χ1) is 16.1. The number of fused-ring (bicyclic) bond motifs is 1. The van der Waals surface area contributed by atoms with Gasteiger partial charge in [0.2, 0.25) is 0 Å². The number of carbonyl (C=O) groups is 1. The third-order valence-corrected chi connectivity index (χ3v) is 4.99. The Balaban J connectivity index is 1.78. The fourth-order valence-corrected chi connectivity index (χ4v) is 3.41. The minimum absolute atomic E-state index is 0.00761. The molecule has 2 heterocycles. The van der Waals surface area contributed by atoms with Crippen LogP contribution >= 0.6 is 0 Å². The van der Waals surface area contributed by atoms with Crippen molar-refractivity contribution in [2.75, 3.05) is 26.3 Å². The number of pyridine rings is 1. The Bertz CT molecular complexity index is 1230. The first-order valence-electron chi connectivity index (χ1n) is 10.4. The molecule has 1 N–H and O–H groups in total. The van der Waals surface area contributed by atoms with Crippen LogP contribution in [0.5, 0.6) is 17.2 Å². The van der Waals surface area contributed by atoms with Crippen molar-refractivity contribution in [3.8, 4) is 28.5 Å². The van der Waals surface area contributed by atoms with Crippen molar-refractivity contribution in [3.05, 3.63) is 72.4 Å². The Morgan fingerprint density at radius 1 is 1.00 bits per heavy atom. The third kappa shape index (κ3) is 5.01. The van der Waals surface area contributed by atoms with Gasteiger partial charge >= 0.3 is 5.97 Å². The highest BCUT2D eigenvalue weighted by Crippen LogP contribution is 2.36. The summed E-state index contributed by atoms with van der Waals surface area (Å²) in [5, 5.41) is 3.16. The molecule has 170 valence electrons. The number of hydrogen-bond acceptors (Lipinski definition) is 7. The van der Waals surface area contributed by atoms with Crippen LogP contribution in [0.15, 0.2) is 66.9 Å². The van der Waals surface area contributed by atoms with E-state index in [1.807, 2.05) is 65.2 Å². The molecule has 0 aliphatic carbocycles. The molecule has 0 saturated carbocycles. The van der Waals surface area contributed by atoms with Crippen molar-refractivity contribution in [3.63, 3.8) is 0 Å². The largest absolute Gasteiger partial charge is 0.497 e. The SMILES string of the molecule is COc1cc(OC)cc(-c2nc3c(OCc4ccccc4)cccn3c2NCOC(C)=O)c1. The summed E-state index contributed by atoms with van der Waals surface area (Å²) in [5.41, 5.74) is 3.08. The third-order valence-electron chi connectivity index (χ3n) is 4.99. The van der Waals surface area contributed by atoms with Gasteiger partial charge in [0.1, 0.15) is 29.6 Å². The lowest BCUT2D eigenvalue weighted by molar-refractivity contribution is -0.140. The number of hydrogen-bond donors (Lipinski definition) is 1. The number of anilines is 1. The molecule has 0 amide bonds. The second-order valence-electron chi connectivity index (χ2n) is 7.21. The molecule has 0 aliphatic rings. The minimum atomic E-state index is -0.382. The number of carbonyl (C=O) groups excluding carboxylic acids is 1. The van der Waals surface area contributed by atoms with E-state index in [0.717, 1.165) is 11.1 Å². The number of ether oxygens (including phenoxy) is 4. The number of rotatable bonds is 9. The van der Waals surface area contributed by atoms with Gasteiger partial charge in [-0.15, -0.1) is 0 Å². The molecular weight excluding hydrogens is 422 g/mol. The van der Waals surface area contributed by atoms with Crippen molar-refractivity contribution in [1.82, 2.24) is 9.38 Å². The van der Waals surface area contributed by atoms with Crippen LogP contribution < -0.4 is 19.5 Å². The Morgan fingerprint density at radius 3 is 2.39 bits per heavy atom. The lowest BCUT2D eigenvalue weighted by Gasteiger charge is -2.11. The van der Waals surface area contributed by atoms with E-state index in [1.165, 1.54) is 6.92 Å². The van der Waals surface area contributed by atoms with Crippen LogP contribution in [0.2, 0.25) is 0 Å². The highest BCUT2D eigenvalue weighted by molar-refractivity contribution is 5.80. The molecule has 4 aromatic rings. The number of aromatic nitrogens is 2. The van der Waals surface area contributed by atoms with E-state index in [-0.39, 0.29) is 12.7 Å². The molecule has 0 bridgehead atoms. The van der Waals surface area contributed by atoms with Gasteiger partial charge in [-0.1, -0.05) is 30.3 Å². The maximum Gasteiger partial charge on any atom is 0.304 e. The summed E-state index contributed by atoms with van der Waals surface area (Å²) in [6.45, 7) is 1.76. The van der Waals surface area contributed by atoms with Crippen LogP contribution in [-0.2, 0) is 16.1 Å². The summed E-state index contributed by atoms with van der Waals surface area (Å²) in [6.07, 6.45) is 1.87. The highest BCUT2D eigenvalue weighted by atomic mass is 16.5. The van der Waals surface area contributed by atoms with Gasteiger partial charge in [-0.3, -0.25) is 9.20 Å². The molecule has 2 aromatic heterocycles. The standard InChI is InChI=1S/C25H25N3O5/c1-17(29)33-16-26-25-23(19-12-20(30-2)14-21(13-19)31-3)27-24-22(10-7-11-28(24)25)32-15-18-8-5-4-6-9-18/h4-14,26H,15-16H2,1-3H3. The number of nitrogens with one attached hydrogen (secondary N) is 1. The first-order valence-corrected chi connectivity index (χ1v) is 10.4. The van der Waals surface area contributed by atoms with Crippen LogP contribution in [0, 0.1) is 0 Å².